The normalized spacial score (nSPS) is 10.7. The highest BCUT2D eigenvalue weighted by Gasteiger charge is 2.41. The van der Waals surface area contributed by atoms with Crippen LogP contribution in [0, 0.1) is 0 Å². The van der Waals surface area contributed by atoms with Crippen molar-refractivity contribution in [1.82, 2.24) is 0 Å². The Kier molecular flexibility index (Phi) is 5.17. The highest BCUT2D eigenvalue weighted by Crippen LogP contribution is 2.50. The molecule has 0 amide bonds. The third-order valence-electron chi connectivity index (χ3n) is 3.11. The second-order valence-corrected chi connectivity index (χ2v) is 6.71. The number of ether oxygens (including phenoxy) is 1. The molecule has 0 aliphatic heterocycles. The van der Waals surface area contributed by atoms with Gasteiger partial charge in [0.1, 0.15) is 17.2 Å². The highest BCUT2D eigenvalue weighted by atomic mass is 31.2. The van der Waals surface area contributed by atoms with Gasteiger partial charge < -0.3 is 13.8 Å². The molecular formula is C19H15O5P. The highest BCUT2D eigenvalue weighted by molar-refractivity contribution is 7.72. The molecule has 0 fully saturated rings. The van der Waals surface area contributed by atoms with E-state index in [1.165, 1.54) is 0 Å². The van der Waals surface area contributed by atoms with E-state index in [1.807, 2.05) is 0 Å². The average Bonchev–Trinajstić information content (AvgIpc) is 2.64. The summed E-state index contributed by atoms with van der Waals surface area (Å²) < 4.78 is 29.1. The molecule has 3 aromatic carbocycles. The quantitative estimate of drug-likeness (QED) is 0.544. The molecule has 0 N–H and O–H groups in total. The van der Waals surface area contributed by atoms with Crippen LogP contribution < -0.4 is 13.8 Å². The summed E-state index contributed by atoms with van der Waals surface area (Å²) in [6, 6.07) is 25.0. The van der Waals surface area contributed by atoms with Crippen molar-refractivity contribution in [3.63, 3.8) is 0 Å². The van der Waals surface area contributed by atoms with Gasteiger partial charge in [0.15, 0.2) is 0 Å². The molecule has 126 valence electrons. The average molecular weight is 354 g/mol. The van der Waals surface area contributed by atoms with E-state index in [-0.39, 0.29) is 17.2 Å². The fourth-order valence-corrected chi connectivity index (χ4v) is 3.18. The Hall–Kier alpha value is -3.04. The molecule has 0 saturated heterocycles. The minimum atomic E-state index is -4.28. The van der Waals surface area contributed by atoms with Crippen molar-refractivity contribution in [2.75, 3.05) is 0 Å². The van der Waals surface area contributed by atoms with Gasteiger partial charge in [0.05, 0.1) is 0 Å². The van der Waals surface area contributed by atoms with Gasteiger partial charge in [-0.3, -0.25) is 0 Å². The predicted octanol–water partition coefficient (Wildman–Crippen LogP) is 5.54. The zero-order valence-corrected chi connectivity index (χ0v) is 14.0. The molecule has 0 saturated carbocycles. The van der Waals surface area contributed by atoms with E-state index in [1.54, 1.807) is 91.0 Å². The molecule has 0 radical (unpaired) electrons. The molecule has 3 aromatic rings. The molecule has 0 bridgehead atoms. The van der Waals surface area contributed by atoms with Gasteiger partial charge in [0.2, 0.25) is 0 Å². The van der Waals surface area contributed by atoms with Crippen LogP contribution in [0.25, 0.3) is 0 Å². The van der Waals surface area contributed by atoms with Crippen LogP contribution in [0.2, 0.25) is 0 Å². The van der Waals surface area contributed by atoms with Gasteiger partial charge in [-0.15, -0.1) is 0 Å². The molecular weight excluding hydrogens is 339 g/mol. The van der Waals surface area contributed by atoms with Crippen LogP contribution in [0.3, 0.4) is 0 Å². The second kappa shape index (κ2) is 7.69. The zero-order valence-electron chi connectivity index (χ0n) is 13.1. The summed E-state index contributed by atoms with van der Waals surface area (Å²) in [7, 11) is -4.28. The maximum atomic E-state index is 13.1. The lowest BCUT2D eigenvalue weighted by molar-refractivity contribution is 0.215. The smallest absolute Gasteiger partial charge is 0.416 e. The van der Waals surface area contributed by atoms with Gasteiger partial charge in [0, 0.05) is 0 Å². The fraction of sp³-hybridized carbons (Fsp3) is 0. The SMILES string of the molecule is O=C(Oc1ccccc1)P(=O)(Oc1ccccc1)Oc1ccccc1. The number of rotatable bonds is 6. The van der Waals surface area contributed by atoms with Crippen LogP contribution in [-0.2, 0) is 4.57 Å². The molecule has 0 aliphatic rings. The first-order valence-corrected chi connectivity index (χ1v) is 9.07. The summed E-state index contributed by atoms with van der Waals surface area (Å²) in [4.78, 5) is 12.5. The largest absolute Gasteiger partial charge is 0.540 e. The first kappa shape index (κ1) is 16.8. The molecule has 0 aliphatic carbocycles. The van der Waals surface area contributed by atoms with Crippen LogP contribution in [0.5, 0.6) is 17.2 Å². The number of carbonyl (C=O) groups is 1. The summed E-state index contributed by atoms with van der Waals surface area (Å²) in [5, 5.41) is 0. The molecule has 3 rings (SSSR count). The first-order chi connectivity index (χ1) is 12.2. The van der Waals surface area contributed by atoms with Crippen LogP contribution in [0.1, 0.15) is 0 Å². The monoisotopic (exact) mass is 354 g/mol. The van der Waals surface area contributed by atoms with E-state index >= 15 is 0 Å². The number of hydrogen-bond donors (Lipinski definition) is 0. The van der Waals surface area contributed by atoms with Crippen LogP contribution in [0.15, 0.2) is 91.0 Å². The van der Waals surface area contributed by atoms with Gasteiger partial charge in [-0.2, -0.15) is 0 Å². The zero-order chi connectivity index (χ0) is 17.5. The molecule has 0 unspecified atom stereocenters. The van der Waals surface area contributed by atoms with Crippen molar-refractivity contribution in [1.29, 1.82) is 0 Å². The van der Waals surface area contributed by atoms with Crippen molar-refractivity contribution >= 4 is 13.3 Å². The Bertz CT molecular complexity index is 821. The van der Waals surface area contributed by atoms with Gasteiger partial charge in [0.25, 0.3) is 0 Å². The van der Waals surface area contributed by atoms with Crippen molar-refractivity contribution in [2.24, 2.45) is 0 Å². The van der Waals surface area contributed by atoms with E-state index < -0.39 is 13.3 Å². The van der Waals surface area contributed by atoms with Gasteiger partial charge in [-0.05, 0) is 36.4 Å². The van der Waals surface area contributed by atoms with Crippen molar-refractivity contribution in [2.45, 2.75) is 0 Å². The summed E-state index contributed by atoms with van der Waals surface area (Å²) in [6.45, 7) is 0. The van der Waals surface area contributed by atoms with E-state index in [2.05, 4.69) is 0 Å². The summed E-state index contributed by atoms with van der Waals surface area (Å²) in [6.07, 6.45) is 0. The number of carbonyl (C=O) groups excluding carboxylic acids is 1. The summed E-state index contributed by atoms with van der Waals surface area (Å²) >= 11 is 0. The predicted molar refractivity (Wildman–Crippen MR) is 94.2 cm³/mol. The van der Waals surface area contributed by atoms with Gasteiger partial charge in [-0.25, -0.2) is 9.36 Å². The molecule has 0 aromatic heterocycles. The van der Waals surface area contributed by atoms with E-state index in [4.69, 9.17) is 13.8 Å². The summed E-state index contributed by atoms with van der Waals surface area (Å²) in [5.74, 6) is 0.736. The molecule has 0 atom stereocenters. The van der Waals surface area contributed by atoms with Crippen molar-refractivity contribution in [3.8, 4) is 17.2 Å². The Balaban J connectivity index is 1.87. The number of para-hydroxylation sites is 3. The lowest BCUT2D eigenvalue weighted by Crippen LogP contribution is -2.15. The van der Waals surface area contributed by atoms with E-state index in [0.717, 1.165) is 0 Å². The van der Waals surface area contributed by atoms with Gasteiger partial charge >= 0.3 is 13.3 Å². The molecule has 5 nitrogen and oxygen atoms in total. The maximum absolute atomic E-state index is 13.1. The topological polar surface area (TPSA) is 61.8 Å². The van der Waals surface area contributed by atoms with Crippen molar-refractivity contribution < 1.29 is 23.1 Å². The fourth-order valence-electron chi connectivity index (χ4n) is 1.98. The minimum absolute atomic E-state index is 0.242. The van der Waals surface area contributed by atoms with E-state index in [9.17, 15) is 9.36 Å². The molecule has 6 heteroatoms. The van der Waals surface area contributed by atoms with Crippen LogP contribution in [-0.4, -0.2) is 5.71 Å². The Morgan fingerprint density at radius 1 is 0.600 bits per heavy atom. The number of benzene rings is 3. The lowest BCUT2D eigenvalue weighted by Gasteiger charge is -2.18. The van der Waals surface area contributed by atoms with Crippen LogP contribution >= 0.6 is 7.60 Å². The lowest BCUT2D eigenvalue weighted by atomic mass is 10.3. The van der Waals surface area contributed by atoms with Crippen molar-refractivity contribution in [3.05, 3.63) is 91.0 Å². The van der Waals surface area contributed by atoms with Gasteiger partial charge in [-0.1, -0.05) is 54.6 Å². The second-order valence-electron chi connectivity index (χ2n) is 4.99. The van der Waals surface area contributed by atoms with Crippen LogP contribution in [0.4, 0.5) is 4.79 Å². The third kappa shape index (κ3) is 4.49. The molecule has 0 spiro atoms. The minimum Gasteiger partial charge on any atom is -0.416 e. The number of hydrogen-bond acceptors (Lipinski definition) is 5. The summed E-state index contributed by atoms with van der Waals surface area (Å²) in [5.41, 5.74) is -1.09. The third-order valence-corrected chi connectivity index (χ3v) is 4.55. The Labute approximate surface area is 145 Å². The Morgan fingerprint density at radius 3 is 1.36 bits per heavy atom. The Morgan fingerprint density at radius 2 is 0.960 bits per heavy atom. The van der Waals surface area contributed by atoms with E-state index in [0.29, 0.717) is 0 Å². The molecule has 25 heavy (non-hydrogen) atoms. The maximum Gasteiger partial charge on any atom is 0.540 e. The standard InChI is InChI=1S/C19H15O5P/c20-19(22-16-10-4-1-5-11-16)25(21,23-17-12-6-2-7-13-17)24-18-14-8-3-9-15-18/h1-15H. The first-order valence-electron chi connectivity index (χ1n) is 7.52. The molecule has 0 heterocycles.